The second kappa shape index (κ2) is 5.27. The summed E-state index contributed by atoms with van der Waals surface area (Å²) in [5.41, 5.74) is 4.87. The van der Waals surface area contributed by atoms with E-state index in [1.807, 2.05) is 11.4 Å². The van der Waals surface area contributed by atoms with Crippen molar-refractivity contribution in [1.29, 1.82) is 0 Å². The zero-order chi connectivity index (χ0) is 11.4. The van der Waals surface area contributed by atoms with Crippen LogP contribution in [0.5, 0.6) is 0 Å². The van der Waals surface area contributed by atoms with Crippen LogP contribution in [0.4, 0.5) is 0 Å². The van der Waals surface area contributed by atoms with Gasteiger partial charge in [0, 0.05) is 28.3 Å². The Bertz CT molecular complexity index is 378. The van der Waals surface area contributed by atoms with Crippen LogP contribution < -0.4 is 5.73 Å². The highest BCUT2D eigenvalue weighted by molar-refractivity contribution is 9.10. The van der Waals surface area contributed by atoms with Crippen molar-refractivity contribution >= 4 is 39.1 Å². The van der Waals surface area contributed by atoms with Gasteiger partial charge in [0.1, 0.15) is 0 Å². The molecule has 1 aromatic heterocycles. The van der Waals surface area contributed by atoms with Crippen LogP contribution >= 0.6 is 27.3 Å². The van der Waals surface area contributed by atoms with Gasteiger partial charge >= 0.3 is 11.8 Å². The summed E-state index contributed by atoms with van der Waals surface area (Å²) in [5.74, 6) is -1.56. The number of primary amides is 1. The van der Waals surface area contributed by atoms with Crippen molar-refractivity contribution in [2.24, 2.45) is 5.73 Å². The molecule has 0 saturated heterocycles. The van der Waals surface area contributed by atoms with E-state index in [2.05, 4.69) is 15.9 Å². The zero-order valence-electron chi connectivity index (χ0n) is 8.20. The molecule has 1 rings (SSSR count). The third-order valence-electron chi connectivity index (χ3n) is 1.87. The molecule has 6 heteroatoms. The summed E-state index contributed by atoms with van der Waals surface area (Å²) < 4.78 is 1.03. The van der Waals surface area contributed by atoms with Crippen molar-refractivity contribution in [3.8, 4) is 0 Å². The molecule has 2 amide bonds. The van der Waals surface area contributed by atoms with E-state index in [9.17, 15) is 9.59 Å². The fraction of sp³-hybridized carbons (Fsp3) is 0.333. The van der Waals surface area contributed by atoms with Gasteiger partial charge in [0.2, 0.25) is 0 Å². The van der Waals surface area contributed by atoms with Crippen molar-refractivity contribution in [3.63, 3.8) is 0 Å². The summed E-state index contributed by atoms with van der Waals surface area (Å²) in [6.07, 6.45) is 0.728. The highest BCUT2D eigenvalue weighted by atomic mass is 79.9. The van der Waals surface area contributed by atoms with Gasteiger partial charge in [0.25, 0.3) is 0 Å². The van der Waals surface area contributed by atoms with E-state index in [1.165, 1.54) is 4.90 Å². The molecule has 0 aliphatic carbocycles. The summed E-state index contributed by atoms with van der Waals surface area (Å²) in [6, 6.07) is 1.99. The molecule has 0 aliphatic heterocycles. The minimum absolute atomic E-state index is 0.495. The number of nitrogens with zero attached hydrogens (tertiary/aromatic N) is 1. The van der Waals surface area contributed by atoms with Crippen LogP contribution in [0.3, 0.4) is 0 Å². The van der Waals surface area contributed by atoms with Gasteiger partial charge in [-0.25, -0.2) is 0 Å². The summed E-state index contributed by atoms with van der Waals surface area (Å²) in [7, 11) is 1.57. The Morgan fingerprint density at radius 2 is 2.27 bits per heavy atom. The number of carbonyl (C=O) groups is 2. The molecular formula is C9H11BrN2O2S. The van der Waals surface area contributed by atoms with Crippen molar-refractivity contribution in [3.05, 3.63) is 20.8 Å². The predicted molar refractivity (Wildman–Crippen MR) is 62.6 cm³/mol. The standard InChI is InChI=1S/C9H11BrN2O2S/c1-12(9(14)8(11)13)3-2-7-4-6(10)5-15-7/h4-5H,2-3H2,1H3,(H2,11,13). The number of carbonyl (C=O) groups excluding carboxylic acids is 2. The van der Waals surface area contributed by atoms with E-state index in [-0.39, 0.29) is 0 Å². The molecule has 15 heavy (non-hydrogen) atoms. The van der Waals surface area contributed by atoms with E-state index in [4.69, 9.17) is 5.73 Å². The van der Waals surface area contributed by atoms with Crippen LogP contribution in [-0.2, 0) is 16.0 Å². The third-order valence-corrected chi connectivity index (χ3v) is 3.63. The maximum atomic E-state index is 11.1. The lowest BCUT2D eigenvalue weighted by Crippen LogP contribution is -2.38. The highest BCUT2D eigenvalue weighted by Crippen LogP contribution is 2.20. The molecule has 1 heterocycles. The molecule has 0 bridgehead atoms. The molecule has 0 atom stereocenters. The van der Waals surface area contributed by atoms with Gasteiger partial charge in [-0.1, -0.05) is 0 Å². The van der Waals surface area contributed by atoms with Gasteiger partial charge in [-0.3, -0.25) is 9.59 Å². The molecule has 0 unspecified atom stereocenters. The number of amides is 2. The van der Waals surface area contributed by atoms with Gasteiger partial charge in [-0.15, -0.1) is 11.3 Å². The van der Waals surface area contributed by atoms with Crippen molar-refractivity contribution < 1.29 is 9.59 Å². The Labute approximate surface area is 100 Å². The SMILES string of the molecule is CN(CCc1cc(Br)cs1)C(=O)C(N)=O. The Hall–Kier alpha value is -0.880. The smallest absolute Gasteiger partial charge is 0.311 e. The number of thiophene rings is 1. The minimum atomic E-state index is -0.912. The second-order valence-corrected chi connectivity index (χ2v) is 4.98. The highest BCUT2D eigenvalue weighted by Gasteiger charge is 2.14. The first-order chi connectivity index (χ1) is 7.00. The van der Waals surface area contributed by atoms with Crippen molar-refractivity contribution in [2.45, 2.75) is 6.42 Å². The summed E-state index contributed by atoms with van der Waals surface area (Å²) >= 11 is 4.96. The summed E-state index contributed by atoms with van der Waals surface area (Å²) in [6.45, 7) is 0.495. The maximum Gasteiger partial charge on any atom is 0.311 e. The number of likely N-dealkylation sites (N-methyl/N-ethyl adjacent to an activating group) is 1. The van der Waals surface area contributed by atoms with E-state index in [0.717, 1.165) is 15.8 Å². The van der Waals surface area contributed by atoms with Crippen LogP contribution in [0.1, 0.15) is 4.88 Å². The lowest BCUT2D eigenvalue weighted by atomic mass is 10.3. The Morgan fingerprint density at radius 3 is 2.73 bits per heavy atom. The maximum absolute atomic E-state index is 11.1. The quantitative estimate of drug-likeness (QED) is 0.844. The van der Waals surface area contributed by atoms with Gasteiger partial charge in [-0.2, -0.15) is 0 Å². The van der Waals surface area contributed by atoms with Crippen LogP contribution in [0.25, 0.3) is 0 Å². The monoisotopic (exact) mass is 290 g/mol. The number of nitrogens with two attached hydrogens (primary N) is 1. The van der Waals surface area contributed by atoms with Crippen LogP contribution in [0.2, 0.25) is 0 Å². The lowest BCUT2D eigenvalue weighted by molar-refractivity contribution is -0.143. The normalized spacial score (nSPS) is 10.0. The first kappa shape index (κ1) is 12.2. The second-order valence-electron chi connectivity index (χ2n) is 3.07. The summed E-state index contributed by atoms with van der Waals surface area (Å²) in [5, 5.41) is 1.98. The molecule has 82 valence electrons. The van der Waals surface area contributed by atoms with E-state index >= 15 is 0 Å². The van der Waals surface area contributed by atoms with Gasteiger partial charge < -0.3 is 10.6 Å². The Morgan fingerprint density at radius 1 is 1.60 bits per heavy atom. The van der Waals surface area contributed by atoms with Gasteiger partial charge in [0.15, 0.2) is 0 Å². The number of hydrogen-bond acceptors (Lipinski definition) is 3. The van der Waals surface area contributed by atoms with Gasteiger partial charge in [-0.05, 0) is 28.4 Å². The molecule has 0 fully saturated rings. The minimum Gasteiger partial charge on any atom is -0.361 e. The topological polar surface area (TPSA) is 63.4 Å². The molecular weight excluding hydrogens is 280 g/mol. The average molecular weight is 291 g/mol. The molecule has 1 aromatic rings. The number of rotatable bonds is 3. The molecule has 0 saturated carbocycles. The molecule has 2 N–H and O–H groups in total. The molecule has 4 nitrogen and oxygen atoms in total. The van der Waals surface area contributed by atoms with Crippen molar-refractivity contribution in [2.75, 3.05) is 13.6 Å². The number of halogens is 1. The molecule has 0 aromatic carbocycles. The van der Waals surface area contributed by atoms with Crippen LogP contribution in [-0.4, -0.2) is 30.3 Å². The summed E-state index contributed by atoms with van der Waals surface area (Å²) in [4.78, 5) is 24.2. The zero-order valence-corrected chi connectivity index (χ0v) is 10.6. The largest absolute Gasteiger partial charge is 0.361 e. The number of hydrogen-bond donors (Lipinski definition) is 1. The van der Waals surface area contributed by atoms with Crippen LogP contribution in [0.15, 0.2) is 15.9 Å². The Balaban J connectivity index is 2.44. The van der Waals surface area contributed by atoms with E-state index in [1.54, 1.807) is 18.4 Å². The molecule has 0 radical (unpaired) electrons. The fourth-order valence-electron chi connectivity index (χ4n) is 1.05. The average Bonchev–Trinajstić information content (AvgIpc) is 2.59. The first-order valence-corrected chi connectivity index (χ1v) is 5.96. The van der Waals surface area contributed by atoms with E-state index in [0.29, 0.717) is 6.54 Å². The Kier molecular flexibility index (Phi) is 4.28. The van der Waals surface area contributed by atoms with Crippen molar-refractivity contribution in [1.82, 2.24) is 4.90 Å². The fourth-order valence-corrected chi connectivity index (χ4v) is 2.50. The first-order valence-electron chi connectivity index (χ1n) is 4.28. The van der Waals surface area contributed by atoms with Crippen LogP contribution in [0, 0.1) is 0 Å². The van der Waals surface area contributed by atoms with E-state index < -0.39 is 11.8 Å². The molecule has 0 aliphatic rings. The lowest BCUT2D eigenvalue weighted by Gasteiger charge is -2.13. The third kappa shape index (κ3) is 3.64. The molecule has 0 spiro atoms. The van der Waals surface area contributed by atoms with Gasteiger partial charge in [0.05, 0.1) is 0 Å². The predicted octanol–water partition coefficient (Wildman–Crippen LogP) is 0.997.